The standard InChI is InChI=1S/C3H2Cl2NOS/c4-2(5)3(7)6-1-8/h2H,(H,6,7,8). The first-order valence-electron chi connectivity index (χ1n) is 1.63. The highest BCUT2D eigenvalue weighted by Crippen LogP contribution is 1.98. The Morgan fingerprint density at radius 3 is 2.38 bits per heavy atom. The lowest BCUT2D eigenvalue weighted by atomic mass is 10.7. The number of alkyl halides is 2. The van der Waals surface area contributed by atoms with Gasteiger partial charge >= 0.3 is 0 Å². The summed E-state index contributed by atoms with van der Waals surface area (Å²) in [4.78, 5) is 9.17. The number of hydrogen-bond donors (Lipinski definition) is 1. The molecule has 8 heavy (non-hydrogen) atoms. The van der Waals surface area contributed by atoms with Gasteiger partial charge in [0.1, 0.15) is 5.49 Å². The van der Waals surface area contributed by atoms with Gasteiger partial charge in [-0.15, -0.1) is 0 Å². The van der Waals surface area contributed by atoms with Crippen molar-refractivity contribution in [1.29, 1.82) is 0 Å². The van der Waals surface area contributed by atoms with Crippen LogP contribution in [0.15, 0.2) is 0 Å². The average molecular weight is 171 g/mol. The van der Waals surface area contributed by atoms with Crippen molar-refractivity contribution in [1.82, 2.24) is 5.32 Å². The fourth-order valence-electron chi connectivity index (χ4n) is 0.105. The van der Waals surface area contributed by atoms with E-state index < -0.39 is 10.7 Å². The number of rotatable bonds is 2. The van der Waals surface area contributed by atoms with Gasteiger partial charge in [0.2, 0.25) is 0 Å². The second-order valence-corrected chi connectivity index (χ2v) is 2.19. The molecule has 0 saturated heterocycles. The first-order chi connectivity index (χ1) is 3.68. The van der Waals surface area contributed by atoms with E-state index in [4.69, 9.17) is 23.2 Å². The fraction of sp³-hybridized carbons (Fsp3) is 0.333. The predicted molar refractivity (Wildman–Crippen MR) is 36.2 cm³/mol. The Kier molecular flexibility index (Phi) is 4.13. The molecule has 0 spiro atoms. The second kappa shape index (κ2) is 4.06. The number of carbonyl (C=O) groups excluding carboxylic acids is 1. The maximum Gasteiger partial charge on any atom is 0.258 e. The molecule has 0 aromatic heterocycles. The molecule has 0 fully saturated rings. The van der Waals surface area contributed by atoms with E-state index in [9.17, 15) is 4.79 Å². The summed E-state index contributed by atoms with van der Waals surface area (Å²) in [5.41, 5.74) is 1.96. The van der Waals surface area contributed by atoms with Gasteiger partial charge in [-0.05, 0) is 0 Å². The summed E-state index contributed by atoms with van der Waals surface area (Å²) >= 11 is 14.3. The summed E-state index contributed by atoms with van der Waals surface area (Å²) in [5.74, 6) is -0.552. The zero-order valence-electron chi connectivity index (χ0n) is 3.65. The summed E-state index contributed by atoms with van der Waals surface area (Å²) in [5, 5.41) is 2.01. The lowest BCUT2D eigenvalue weighted by molar-refractivity contribution is -0.117. The summed E-state index contributed by atoms with van der Waals surface area (Å²) < 4.78 is 0. The number of hydrogen-bond acceptors (Lipinski definition) is 2. The van der Waals surface area contributed by atoms with E-state index in [2.05, 4.69) is 12.2 Å². The van der Waals surface area contributed by atoms with Crippen molar-refractivity contribution >= 4 is 46.8 Å². The molecule has 0 unspecified atom stereocenters. The lowest BCUT2D eigenvalue weighted by Crippen LogP contribution is -2.25. The molecular formula is C3H2Cl2NOS. The molecule has 5 heteroatoms. The van der Waals surface area contributed by atoms with Gasteiger partial charge in [-0.1, -0.05) is 35.4 Å². The first kappa shape index (κ1) is 8.14. The Labute approximate surface area is 62.1 Å². The molecule has 0 saturated carbocycles. The van der Waals surface area contributed by atoms with Gasteiger partial charge in [-0.25, -0.2) is 0 Å². The van der Waals surface area contributed by atoms with E-state index in [-0.39, 0.29) is 0 Å². The Bertz CT molecular complexity index is 105. The summed E-state index contributed by atoms with van der Waals surface area (Å²) in [7, 11) is 0. The van der Waals surface area contributed by atoms with E-state index >= 15 is 0 Å². The van der Waals surface area contributed by atoms with Crippen LogP contribution in [-0.2, 0) is 4.79 Å². The normalized spacial score (nSPS) is 8.88. The van der Waals surface area contributed by atoms with Crippen LogP contribution >= 0.6 is 35.4 Å². The van der Waals surface area contributed by atoms with Gasteiger partial charge in [-0.2, -0.15) is 0 Å². The minimum atomic E-state index is -1.06. The van der Waals surface area contributed by atoms with E-state index in [0.29, 0.717) is 0 Å². The Morgan fingerprint density at radius 1 is 1.75 bits per heavy atom. The van der Waals surface area contributed by atoms with E-state index in [0.717, 1.165) is 0 Å². The SMILES string of the molecule is O=C(N[C]=S)C(Cl)Cl. The molecule has 0 aliphatic heterocycles. The fourth-order valence-corrected chi connectivity index (χ4v) is 0.315. The van der Waals surface area contributed by atoms with Crippen LogP contribution in [0.1, 0.15) is 0 Å². The molecule has 1 N–H and O–H groups in total. The maximum absolute atomic E-state index is 10.2. The molecule has 0 atom stereocenters. The van der Waals surface area contributed by atoms with E-state index in [1.54, 1.807) is 0 Å². The zero-order chi connectivity index (χ0) is 6.57. The lowest BCUT2D eigenvalue weighted by Gasteiger charge is -1.94. The molecule has 0 aromatic carbocycles. The molecule has 1 radical (unpaired) electrons. The van der Waals surface area contributed by atoms with Crippen molar-refractivity contribution in [2.45, 2.75) is 4.84 Å². The van der Waals surface area contributed by atoms with Gasteiger partial charge in [0.25, 0.3) is 5.91 Å². The summed E-state index contributed by atoms with van der Waals surface area (Å²) in [6.07, 6.45) is 0. The zero-order valence-corrected chi connectivity index (χ0v) is 5.98. The minimum Gasteiger partial charge on any atom is -0.312 e. The minimum absolute atomic E-state index is 0.552. The number of halogens is 2. The molecule has 45 valence electrons. The van der Waals surface area contributed by atoms with Crippen molar-refractivity contribution in [3.8, 4) is 0 Å². The van der Waals surface area contributed by atoms with Crippen molar-refractivity contribution < 1.29 is 4.79 Å². The third kappa shape index (κ3) is 3.18. The first-order valence-corrected chi connectivity index (χ1v) is 2.91. The van der Waals surface area contributed by atoms with E-state index in [1.807, 2.05) is 10.8 Å². The molecule has 0 bridgehead atoms. The molecule has 0 aromatic rings. The smallest absolute Gasteiger partial charge is 0.258 e. The Hall–Kier alpha value is 0.140. The summed E-state index contributed by atoms with van der Waals surface area (Å²) in [6.45, 7) is 0. The van der Waals surface area contributed by atoms with Crippen LogP contribution in [0.25, 0.3) is 0 Å². The maximum atomic E-state index is 10.2. The monoisotopic (exact) mass is 170 g/mol. The molecule has 0 rings (SSSR count). The third-order valence-electron chi connectivity index (χ3n) is 0.372. The Morgan fingerprint density at radius 2 is 2.25 bits per heavy atom. The molecule has 0 aliphatic rings. The number of thiocarbonyl (C=S) groups is 1. The number of carbonyl (C=O) groups is 1. The highest BCUT2D eigenvalue weighted by molar-refractivity contribution is 7.78. The second-order valence-electron chi connectivity index (χ2n) is 0.892. The van der Waals surface area contributed by atoms with Gasteiger partial charge < -0.3 is 5.32 Å². The van der Waals surface area contributed by atoms with Crippen LogP contribution in [0.2, 0.25) is 0 Å². The molecule has 0 heterocycles. The summed E-state index contributed by atoms with van der Waals surface area (Å²) in [6, 6.07) is 0. The molecule has 2 nitrogen and oxygen atoms in total. The highest BCUT2D eigenvalue weighted by Gasteiger charge is 2.07. The van der Waals surface area contributed by atoms with Crippen molar-refractivity contribution in [2.24, 2.45) is 0 Å². The van der Waals surface area contributed by atoms with Crippen LogP contribution in [0, 0.1) is 0 Å². The number of amides is 1. The van der Waals surface area contributed by atoms with Crippen molar-refractivity contribution in [3.05, 3.63) is 0 Å². The average Bonchev–Trinajstić information content (AvgIpc) is 1.67. The van der Waals surface area contributed by atoms with Crippen LogP contribution < -0.4 is 5.32 Å². The molecular weight excluding hydrogens is 169 g/mol. The van der Waals surface area contributed by atoms with Crippen molar-refractivity contribution in [3.63, 3.8) is 0 Å². The van der Waals surface area contributed by atoms with E-state index in [1.165, 1.54) is 0 Å². The van der Waals surface area contributed by atoms with Crippen LogP contribution in [0.3, 0.4) is 0 Å². The topological polar surface area (TPSA) is 29.1 Å². The van der Waals surface area contributed by atoms with Gasteiger partial charge in [-0.3, -0.25) is 4.79 Å². The largest absolute Gasteiger partial charge is 0.312 e. The van der Waals surface area contributed by atoms with Crippen LogP contribution in [0.5, 0.6) is 0 Å². The third-order valence-corrected chi connectivity index (χ3v) is 0.871. The highest BCUT2D eigenvalue weighted by atomic mass is 35.5. The van der Waals surface area contributed by atoms with Gasteiger partial charge in [0, 0.05) is 0 Å². The predicted octanol–water partition coefficient (Wildman–Crippen LogP) is 0.740. The quantitative estimate of drug-likeness (QED) is 0.377. The molecule has 0 aliphatic carbocycles. The molecule has 1 amide bonds. The van der Waals surface area contributed by atoms with Gasteiger partial charge in [0.15, 0.2) is 4.84 Å². The number of nitrogens with one attached hydrogen (secondary N) is 1. The van der Waals surface area contributed by atoms with Crippen LogP contribution in [0.4, 0.5) is 0 Å². The Balaban J connectivity index is 3.48. The van der Waals surface area contributed by atoms with Gasteiger partial charge in [0.05, 0.1) is 0 Å². The van der Waals surface area contributed by atoms with Crippen LogP contribution in [-0.4, -0.2) is 16.2 Å². The van der Waals surface area contributed by atoms with Crippen molar-refractivity contribution in [2.75, 3.05) is 0 Å².